The van der Waals surface area contributed by atoms with E-state index in [2.05, 4.69) is 29.9 Å². The normalized spacial score (nSPS) is 24.8. The van der Waals surface area contributed by atoms with E-state index in [0.717, 1.165) is 48.1 Å². The van der Waals surface area contributed by atoms with Crippen LogP contribution in [0.2, 0.25) is 0 Å². The van der Waals surface area contributed by atoms with Gasteiger partial charge in [0.25, 0.3) is 17.3 Å². The van der Waals surface area contributed by atoms with Crippen molar-refractivity contribution in [2.45, 2.75) is 78.2 Å². The van der Waals surface area contributed by atoms with Crippen molar-refractivity contribution in [3.05, 3.63) is 55.5 Å². The van der Waals surface area contributed by atoms with Gasteiger partial charge in [-0.25, -0.2) is 0 Å². The van der Waals surface area contributed by atoms with Crippen LogP contribution in [0.1, 0.15) is 76.5 Å². The minimum Gasteiger partial charge on any atom is -0.448 e. The number of carbonyl (C=O) groups excluding carboxylic acids is 1. The molecule has 7 heteroatoms. The third-order valence-corrected chi connectivity index (χ3v) is 8.65. The number of aromatic nitrogens is 1. The number of pyridine rings is 1. The summed E-state index contributed by atoms with van der Waals surface area (Å²) < 4.78 is 13.1. The molecular weight excluding hydrogens is 466 g/mol. The molecule has 1 amide bonds. The number of H-pyrrole nitrogens is 1. The Morgan fingerprint density at radius 1 is 1.14 bits per heavy atom. The molecule has 2 aliphatic heterocycles. The first-order valence-electron chi connectivity index (χ1n) is 13.2. The van der Waals surface area contributed by atoms with Gasteiger partial charge in [-0.15, -0.1) is 6.42 Å². The molecule has 5 rings (SSSR count). The summed E-state index contributed by atoms with van der Waals surface area (Å²) in [5, 5.41) is 0. The quantitative estimate of drug-likeness (QED) is 0.637. The molecule has 0 radical (unpaired) electrons. The second-order valence-electron chi connectivity index (χ2n) is 11.3. The van der Waals surface area contributed by atoms with Crippen LogP contribution in [0, 0.1) is 39.0 Å². The van der Waals surface area contributed by atoms with Crippen molar-refractivity contribution in [2.75, 3.05) is 20.6 Å². The Labute approximate surface area is 219 Å². The number of nitrogens with one attached hydrogen (secondary N) is 1. The lowest BCUT2D eigenvalue weighted by molar-refractivity contribution is -0.123. The van der Waals surface area contributed by atoms with Crippen LogP contribution in [0.15, 0.2) is 10.9 Å². The second kappa shape index (κ2) is 9.25. The lowest BCUT2D eigenvalue weighted by atomic mass is 9.81. The standard InChI is InChI=1S/C30H37N3O4/c1-8-22-23-13-14-33(16-24-17(2)15-18(3)31-28(24)34)29(35)25(23)19(4)26-27(22)37-30(5,36-26)20-9-11-21(12-10-20)32(6)7/h1,15,20-21H,9-14,16H2,2-7H3,(H,31,34)/t20-,21-,30?. The van der Waals surface area contributed by atoms with Crippen molar-refractivity contribution >= 4 is 5.91 Å². The number of fused-ring (bicyclic) bond motifs is 2. The highest BCUT2D eigenvalue weighted by Gasteiger charge is 2.48. The summed E-state index contributed by atoms with van der Waals surface area (Å²) in [6, 6.07) is 2.51. The molecule has 37 heavy (non-hydrogen) atoms. The first-order valence-corrected chi connectivity index (χ1v) is 13.2. The van der Waals surface area contributed by atoms with E-state index in [1.165, 1.54) is 0 Å². The SMILES string of the molecule is C#Cc1c2c(c(C)c3c1OC(C)([C@H]1CC[C@H](N(C)C)CC1)O3)C(=O)N(Cc1c(C)cc(C)[nH]c1=O)CC2. The van der Waals surface area contributed by atoms with Gasteiger partial charge in [0.15, 0.2) is 11.5 Å². The Balaban J connectivity index is 1.46. The lowest BCUT2D eigenvalue weighted by Crippen LogP contribution is -2.46. The van der Waals surface area contributed by atoms with Gasteiger partial charge in [0.05, 0.1) is 17.7 Å². The number of aromatic amines is 1. The van der Waals surface area contributed by atoms with Crippen LogP contribution in [-0.4, -0.2) is 53.2 Å². The van der Waals surface area contributed by atoms with E-state index < -0.39 is 5.79 Å². The molecule has 1 aliphatic carbocycles. The summed E-state index contributed by atoms with van der Waals surface area (Å²) in [5.41, 5.74) is 4.97. The molecule has 1 N–H and O–H groups in total. The van der Waals surface area contributed by atoms with Gasteiger partial charge in [-0.3, -0.25) is 9.59 Å². The van der Waals surface area contributed by atoms with E-state index in [9.17, 15) is 9.59 Å². The molecular formula is C30H37N3O4. The fraction of sp³-hybridized carbons (Fsp3) is 0.533. The van der Waals surface area contributed by atoms with E-state index >= 15 is 0 Å². The highest BCUT2D eigenvalue weighted by Crippen LogP contribution is 2.52. The predicted octanol–water partition coefficient (Wildman–Crippen LogP) is 4.09. The van der Waals surface area contributed by atoms with Crippen molar-refractivity contribution < 1.29 is 14.3 Å². The van der Waals surface area contributed by atoms with Gasteiger partial charge in [0.1, 0.15) is 0 Å². The van der Waals surface area contributed by atoms with Crippen LogP contribution in [0.5, 0.6) is 11.5 Å². The monoisotopic (exact) mass is 503 g/mol. The Hall–Kier alpha value is -3.24. The molecule has 3 heterocycles. The lowest BCUT2D eigenvalue weighted by Gasteiger charge is -2.39. The van der Waals surface area contributed by atoms with E-state index in [1.807, 2.05) is 33.8 Å². The van der Waals surface area contributed by atoms with Crippen molar-refractivity contribution in [3.63, 3.8) is 0 Å². The Morgan fingerprint density at radius 3 is 2.43 bits per heavy atom. The maximum atomic E-state index is 13.8. The third-order valence-electron chi connectivity index (χ3n) is 8.65. The minimum atomic E-state index is -0.811. The largest absolute Gasteiger partial charge is 0.448 e. The fourth-order valence-corrected chi connectivity index (χ4v) is 6.43. The van der Waals surface area contributed by atoms with Crippen LogP contribution in [-0.2, 0) is 13.0 Å². The average molecular weight is 504 g/mol. The molecule has 196 valence electrons. The van der Waals surface area contributed by atoms with Crippen LogP contribution in [0.3, 0.4) is 0 Å². The van der Waals surface area contributed by atoms with Crippen LogP contribution in [0.4, 0.5) is 0 Å². The van der Waals surface area contributed by atoms with Crippen molar-refractivity contribution in [1.82, 2.24) is 14.8 Å². The summed E-state index contributed by atoms with van der Waals surface area (Å²) in [6.45, 7) is 8.43. The number of terminal acetylenes is 1. The summed E-state index contributed by atoms with van der Waals surface area (Å²) in [6.07, 6.45) is 10.8. The first-order chi connectivity index (χ1) is 17.5. The fourth-order valence-electron chi connectivity index (χ4n) is 6.43. The number of hydrogen-bond acceptors (Lipinski definition) is 5. The molecule has 0 bridgehead atoms. The van der Waals surface area contributed by atoms with Crippen molar-refractivity contribution in [1.29, 1.82) is 0 Å². The number of amides is 1. The smallest absolute Gasteiger partial charge is 0.254 e. The Morgan fingerprint density at radius 2 is 1.81 bits per heavy atom. The molecule has 1 fully saturated rings. The third kappa shape index (κ3) is 4.21. The number of ether oxygens (including phenoxy) is 2. The number of aryl methyl sites for hydroxylation is 2. The van der Waals surface area contributed by atoms with Gasteiger partial charge in [0, 0.05) is 42.2 Å². The van der Waals surface area contributed by atoms with Gasteiger partial charge in [-0.1, -0.05) is 5.92 Å². The summed E-state index contributed by atoms with van der Waals surface area (Å²) >= 11 is 0. The molecule has 0 saturated heterocycles. The Bertz CT molecular complexity index is 1360. The molecule has 1 atom stereocenters. The molecule has 2 aromatic rings. The van der Waals surface area contributed by atoms with Gasteiger partial charge in [-0.2, -0.15) is 0 Å². The number of nitrogens with zero attached hydrogens (tertiary/aromatic N) is 2. The van der Waals surface area contributed by atoms with E-state index in [-0.39, 0.29) is 23.9 Å². The van der Waals surface area contributed by atoms with Gasteiger partial charge < -0.3 is 24.3 Å². The molecule has 7 nitrogen and oxygen atoms in total. The highest BCUT2D eigenvalue weighted by atomic mass is 16.7. The highest BCUT2D eigenvalue weighted by molar-refractivity contribution is 6.00. The van der Waals surface area contributed by atoms with E-state index in [1.54, 1.807) is 4.90 Å². The topological polar surface area (TPSA) is 74.9 Å². The minimum absolute atomic E-state index is 0.124. The molecule has 3 aliphatic rings. The first kappa shape index (κ1) is 25.4. The van der Waals surface area contributed by atoms with E-state index in [0.29, 0.717) is 47.2 Å². The van der Waals surface area contributed by atoms with Gasteiger partial charge in [-0.05, 0) is 84.2 Å². The van der Waals surface area contributed by atoms with Gasteiger partial charge in [0.2, 0.25) is 0 Å². The zero-order valence-corrected chi connectivity index (χ0v) is 22.8. The van der Waals surface area contributed by atoms with Crippen molar-refractivity contribution in [3.8, 4) is 23.8 Å². The van der Waals surface area contributed by atoms with Crippen LogP contribution in [0.25, 0.3) is 0 Å². The predicted molar refractivity (Wildman–Crippen MR) is 143 cm³/mol. The number of benzene rings is 1. The Kier molecular flexibility index (Phi) is 6.35. The second-order valence-corrected chi connectivity index (χ2v) is 11.3. The van der Waals surface area contributed by atoms with Crippen LogP contribution < -0.4 is 15.0 Å². The maximum absolute atomic E-state index is 13.8. The van der Waals surface area contributed by atoms with Gasteiger partial charge >= 0.3 is 0 Å². The van der Waals surface area contributed by atoms with E-state index in [4.69, 9.17) is 15.9 Å². The number of carbonyl (C=O) groups is 1. The zero-order chi connectivity index (χ0) is 26.6. The maximum Gasteiger partial charge on any atom is 0.254 e. The molecule has 0 spiro atoms. The van der Waals surface area contributed by atoms with Crippen LogP contribution >= 0.6 is 0 Å². The molecule has 1 unspecified atom stereocenters. The summed E-state index contributed by atoms with van der Waals surface area (Å²) in [4.78, 5) is 33.3. The summed E-state index contributed by atoms with van der Waals surface area (Å²) in [7, 11) is 4.27. The zero-order valence-electron chi connectivity index (χ0n) is 22.8. The molecule has 1 saturated carbocycles. The molecule has 1 aromatic heterocycles. The average Bonchev–Trinajstić information content (AvgIpc) is 3.21. The molecule has 1 aromatic carbocycles. The van der Waals surface area contributed by atoms with Crippen molar-refractivity contribution in [2.24, 2.45) is 5.92 Å². The number of hydrogen-bond donors (Lipinski definition) is 1. The summed E-state index contributed by atoms with van der Waals surface area (Å²) in [5.74, 6) is 3.31. The number of rotatable bonds is 4.